The summed E-state index contributed by atoms with van der Waals surface area (Å²) in [6.45, 7) is 7.80. The van der Waals surface area contributed by atoms with Gasteiger partial charge in [-0.05, 0) is 36.8 Å². The zero-order valence-electron chi connectivity index (χ0n) is 13.1. The van der Waals surface area contributed by atoms with Gasteiger partial charge in [0.15, 0.2) is 0 Å². The van der Waals surface area contributed by atoms with Crippen LogP contribution in [0.2, 0.25) is 0 Å². The summed E-state index contributed by atoms with van der Waals surface area (Å²) in [5.74, 6) is 0.565. The average Bonchev–Trinajstić information content (AvgIpc) is 2.76. The van der Waals surface area contributed by atoms with E-state index in [9.17, 15) is 4.79 Å². The second kappa shape index (κ2) is 7.43. The zero-order valence-corrected chi connectivity index (χ0v) is 13.1. The molecule has 1 aromatic rings. The van der Waals surface area contributed by atoms with Crippen LogP contribution in [-0.4, -0.2) is 22.2 Å². The van der Waals surface area contributed by atoms with Gasteiger partial charge in [-0.25, -0.2) is 0 Å². The molecule has 0 radical (unpaired) electrons. The molecule has 3 N–H and O–H groups in total. The van der Waals surface area contributed by atoms with E-state index in [1.165, 1.54) is 0 Å². The number of nitrogens with two attached hydrogens (primary N) is 1. The van der Waals surface area contributed by atoms with Crippen LogP contribution in [0.5, 0.6) is 0 Å². The molecule has 114 valence electrons. The first-order valence-corrected chi connectivity index (χ1v) is 7.28. The Balaban J connectivity index is 2.34. The van der Waals surface area contributed by atoms with Gasteiger partial charge in [-0.15, -0.1) is 0 Å². The van der Waals surface area contributed by atoms with Gasteiger partial charge in [0.2, 0.25) is 5.91 Å². The van der Waals surface area contributed by atoms with Gasteiger partial charge in [0.25, 0.3) is 0 Å². The van der Waals surface area contributed by atoms with Gasteiger partial charge < -0.3 is 11.1 Å². The Morgan fingerprint density at radius 3 is 2.65 bits per heavy atom. The fraction of sp³-hybridized carbons (Fsp3) is 0.733. The largest absolute Gasteiger partial charge is 0.350 e. The number of aromatic nitrogens is 2. The topological polar surface area (TPSA) is 72.9 Å². The highest BCUT2D eigenvalue weighted by atomic mass is 16.1. The maximum absolute atomic E-state index is 11.9. The fourth-order valence-electron chi connectivity index (χ4n) is 2.35. The Hall–Kier alpha value is -1.36. The molecule has 1 rings (SSSR count). The third kappa shape index (κ3) is 5.74. The lowest BCUT2D eigenvalue weighted by molar-refractivity contribution is -0.121. The van der Waals surface area contributed by atoms with Crippen molar-refractivity contribution in [3.63, 3.8) is 0 Å². The third-order valence-corrected chi connectivity index (χ3v) is 3.70. The van der Waals surface area contributed by atoms with Crippen LogP contribution in [-0.2, 0) is 18.4 Å². The van der Waals surface area contributed by atoms with Gasteiger partial charge in [-0.2, -0.15) is 5.10 Å². The molecule has 1 unspecified atom stereocenters. The van der Waals surface area contributed by atoms with E-state index < -0.39 is 0 Å². The molecule has 1 aromatic heterocycles. The van der Waals surface area contributed by atoms with Crippen molar-refractivity contribution in [1.29, 1.82) is 0 Å². The van der Waals surface area contributed by atoms with Crippen LogP contribution in [0.15, 0.2) is 12.3 Å². The summed E-state index contributed by atoms with van der Waals surface area (Å²) in [6, 6.07) is 1.91. The van der Waals surface area contributed by atoms with Crippen LogP contribution in [0.25, 0.3) is 0 Å². The second-order valence-electron chi connectivity index (χ2n) is 6.44. The molecule has 0 saturated heterocycles. The monoisotopic (exact) mass is 280 g/mol. The van der Waals surface area contributed by atoms with E-state index in [0.29, 0.717) is 25.4 Å². The Morgan fingerprint density at radius 1 is 1.45 bits per heavy atom. The number of aryl methyl sites for hydroxylation is 1. The molecular formula is C15H28N4O. The van der Waals surface area contributed by atoms with Crippen LogP contribution in [0.1, 0.15) is 45.7 Å². The van der Waals surface area contributed by atoms with E-state index in [1.807, 2.05) is 19.3 Å². The minimum absolute atomic E-state index is 0.0851. The maximum atomic E-state index is 11.9. The summed E-state index contributed by atoms with van der Waals surface area (Å²) >= 11 is 0. The number of nitrogens with one attached hydrogen (secondary N) is 1. The number of hydrogen-bond donors (Lipinski definition) is 2. The van der Waals surface area contributed by atoms with Gasteiger partial charge >= 0.3 is 0 Å². The smallest absolute Gasteiger partial charge is 0.220 e. The summed E-state index contributed by atoms with van der Waals surface area (Å²) in [4.78, 5) is 11.9. The fourth-order valence-corrected chi connectivity index (χ4v) is 2.35. The Kier molecular flexibility index (Phi) is 6.20. The normalized spacial score (nSPS) is 13.2. The minimum atomic E-state index is 0.0851. The zero-order chi connectivity index (χ0) is 15.2. The number of carbonyl (C=O) groups excluding carboxylic acids is 1. The number of carbonyl (C=O) groups is 1. The molecule has 1 atom stereocenters. The van der Waals surface area contributed by atoms with Gasteiger partial charge in [0, 0.05) is 19.7 Å². The Labute approximate surface area is 121 Å². The van der Waals surface area contributed by atoms with Crippen molar-refractivity contribution < 1.29 is 4.79 Å². The summed E-state index contributed by atoms with van der Waals surface area (Å²) in [5, 5.41) is 7.15. The van der Waals surface area contributed by atoms with Crippen molar-refractivity contribution in [1.82, 2.24) is 15.1 Å². The Morgan fingerprint density at radius 2 is 2.15 bits per heavy atom. The molecule has 5 heteroatoms. The minimum Gasteiger partial charge on any atom is -0.350 e. The first kappa shape index (κ1) is 16.7. The van der Waals surface area contributed by atoms with Crippen LogP contribution >= 0.6 is 0 Å². The van der Waals surface area contributed by atoms with Gasteiger partial charge in [0.05, 0.1) is 12.2 Å². The molecule has 20 heavy (non-hydrogen) atoms. The molecule has 0 aliphatic rings. The van der Waals surface area contributed by atoms with Crippen molar-refractivity contribution in [2.45, 2.75) is 46.6 Å². The second-order valence-corrected chi connectivity index (χ2v) is 6.44. The van der Waals surface area contributed by atoms with E-state index in [2.05, 4.69) is 31.2 Å². The van der Waals surface area contributed by atoms with Crippen LogP contribution in [0, 0.1) is 11.3 Å². The predicted molar refractivity (Wildman–Crippen MR) is 80.9 cm³/mol. The van der Waals surface area contributed by atoms with Crippen LogP contribution in [0.4, 0.5) is 0 Å². The Bertz CT molecular complexity index is 420. The van der Waals surface area contributed by atoms with Gasteiger partial charge in [-0.3, -0.25) is 9.48 Å². The summed E-state index contributed by atoms with van der Waals surface area (Å²) in [6.07, 6.45) is 4.28. The van der Waals surface area contributed by atoms with E-state index in [0.717, 1.165) is 18.5 Å². The van der Waals surface area contributed by atoms with Crippen LogP contribution in [0.3, 0.4) is 0 Å². The third-order valence-electron chi connectivity index (χ3n) is 3.70. The highest BCUT2D eigenvalue weighted by Crippen LogP contribution is 2.31. The molecule has 0 saturated carbocycles. The van der Waals surface area contributed by atoms with Crippen molar-refractivity contribution in [3.8, 4) is 0 Å². The predicted octanol–water partition coefficient (Wildman–Crippen LogP) is 1.83. The lowest BCUT2D eigenvalue weighted by atomic mass is 9.76. The summed E-state index contributed by atoms with van der Waals surface area (Å²) < 4.78 is 1.73. The highest BCUT2D eigenvalue weighted by Gasteiger charge is 2.24. The first-order valence-electron chi connectivity index (χ1n) is 7.28. The van der Waals surface area contributed by atoms with E-state index in [4.69, 9.17) is 5.73 Å². The quantitative estimate of drug-likeness (QED) is 0.800. The highest BCUT2D eigenvalue weighted by molar-refractivity contribution is 5.75. The standard InChI is InChI=1S/C15H28N4O/c1-15(2,3)12(7-9-16)5-6-14(20)17-11-13-8-10-19(4)18-13/h8,10,12H,5-7,9,11,16H2,1-4H3,(H,17,20). The van der Waals surface area contributed by atoms with E-state index >= 15 is 0 Å². The van der Waals surface area contributed by atoms with Crippen molar-refractivity contribution in [3.05, 3.63) is 18.0 Å². The maximum Gasteiger partial charge on any atom is 0.220 e. The molecule has 0 bridgehead atoms. The average molecular weight is 280 g/mol. The van der Waals surface area contributed by atoms with Crippen molar-refractivity contribution in [2.24, 2.45) is 24.1 Å². The molecule has 0 aromatic carbocycles. The number of amides is 1. The van der Waals surface area contributed by atoms with E-state index in [-0.39, 0.29) is 11.3 Å². The van der Waals surface area contributed by atoms with Crippen molar-refractivity contribution >= 4 is 5.91 Å². The molecule has 5 nitrogen and oxygen atoms in total. The number of rotatable bonds is 7. The van der Waals surface area contributed by atoms with Gasteiger partial charge in [0.1, 0.15) is 0 Å². The van der Waals surface area contributed by atoms with E-state index in [1.54, 1.807) is 4.68 Å². The first-order chi connectivity index (χ1) is 9.32. The van der Waals surface area contributed by atoms with Crippen molar-refractivity contribution in [2.75, 3.05) is 6.54 Å². The lowest BCUT2D eigenvalue weighted by Crippen LogP contribution is -2.27. The molecule has 1 amide bonds. The molecule has 0 aliphatic heterocycles. The summed E-state index contributed by atoms with van der Waals surface area (Å²) in [7, 11) is 1.87. The molecule has 0 spiro atoms. The molecular weight excluding hydrogens is 252 g/mol. The SMILES string of the molecule is Cn1ccc(CNC(=O)CCC(CCN)C(C)(C)C)n1. The number of nitrogens with zero attached hydrogens (tertiary/aromatic N) is 2. The van der Waals surface area contributed by atoms with Crippen LogP contribution < -0.4 is 11.1 Å². The lowest BCUT2D eigenvalue weighted by Gasteiger charge is -2.30. The molecule has 0 fully saturated rings. The molecule has 1 heterocycles. The summed E-state index contributed by atoms with van der Waals surface area (Å²) in [5.41, 5.74) is 6.74. The number of hydrogen-bond acceptors (Lipinski definition) is 3. The van der Waals surface area contributed by atoms with Gasteiger partial charge in [-0.1, -0.05) is 20.8 Å². The molecule has 0 aliphatic carbocycles.